The molecule has 0 radical (unpaired) electrons. The second-order valence-corrected chi connectivity index (χ2v) is 6.05. The second kappa shape index (κ2) is 6.85. The van der Waals surface area contributed by atoms with E-state index in [4.69, 9.17) is 9.26 Å². The molecule has 0 unspecified atom stereocenters. The van der Waals surface area contributed by atoms with Crippen LogP contribution in [0.25, 0.3) is 0 Å². The number of nitrogens with zero attached hydrogens (tertiary/aromatic N) is 4. The molecule has 21 heavy (non-hydrogen) atoms. The smallest absolute Gasteiger partial charge is 0.243 e. The van der Waals surface area contributed by atoms with Crippen molar-refractivity contribution in [2.75, 3.05) is 39.3 Å². The summed E-state index contributed by atoms with van der Waals surface area (Å²) in [5.41, 5.74) is 0. The number of rotatable bonds is 5. The van der Waals surface area contributed by atoms with Gasteiger partial charge >= 0.3 is 0 Å². The lowest BCUT2D eigenvalue weighted by Gasteiger charge is -2.37. The number of aryl methyl sites for hydroxylation is 1. The molecule has 0 amide bonds. The number of ether oxygens (including phenoxy) is 1. The van der Waals surface area contributed by atoms with Gasteiger partial charge in [-0.1, -0.05) is 12.1 Å². The molecule has 0 bridgehead atoms. The van der Waals surface area contributed by atoms with E-state index >= 15 is 0 Å². The Morgan fingerprint density at radius 2 is 2.10 bits per heavy atom. The first-order valence-electron chi connectivity index (χ1n) is 8.16. The van der Waals surface area contributed by atoms with Crippen molar-refractivity contribution in [1.82, 2.24) is 19.9 Å². The van der Waals surface area contributed by atoms with Crippen molar-refractivity contribution in [3.05, 3.63) is 11.7 Å². The summed E-state index contributed by atoms with van der Waals surface area (Å²) in [6.45, 7) is 10.5. The molecule has 2 saturated heterocycles. The second-order valence-electron chi connectivity index (χ2n) is 6.05. The molecule has 0 N–H and O–H groups in total. The Labute approximate surface area is 126 Å². The van der Waals surface area contributed by atoms with E-state index in [9.17, 15) is 0 Å². The first-order chi connectivity index (χ1) is 10.3. The third-order valence-corrected chi connectivity index (χ3v) is 4.60. The molecule has 6 nitrogen and oxygen atoms in total. The molecule has 3 heterocycles. The SMILES string of the molecule is CCc1noc([C@H](C)N2CCN(C[C@@H]3CCCO3)CC2)n1. The van der Waals surface area contributed by atoms with Gasteiger partial charge in [0.15, 0.2) is 5.82 Å². The predicted molar refractivity (Wildman–Crippen MR) is 79.1 cm³/mol. The lowest BCUT2D eigenvalue weighted by atomic mass is 10.2. The van der Waals surface area contributed by atoms with Crippen molar-refractivity contribution in [2.45, 2.75) is 45.3 Å². The van der Waals surface area contributed by atoms with Crippen LogP contribution in [-0.4, -0.2) is 65.4 Å². The molecule has 2 aliphatic heterocycles. The van der Waals surface area contributed by atoms with Crippen molar-refractivity contribution in [2.24, 2.45) is 0 Å². The van der Waals surface area contributed by atoms with Gasteiger partial charge < -0.3 is 9.26 Å². The summed E-state index contributed by atoms with van der Waals surface area (Å²) in [5, 5.41) is 3.99. The molecule has 0 aliphatic carbocycles. The fourth-order valence-corrected chi connectivity index (χ4v) is 3.15. The first kappa shape index (κ1) is 14.9. The predicted octanol–water partition coefficient (Wildman–Crippen LogP) is 1.49. The average Bonchev–Trinajstić information content (AvgIpc) is 3.18. The van der Waals surface area contributed by atoms with Gasteiger partial charge in [0.2, 0.25) is 5.89 Å². The van der Waals surface area contributed by atoms with E-state index in [2.05, 4.69) is 26.9 Å². The highest BCUT2D eigenvalue weighted by atomic mass is 16.5. The fourth-order valence-electron chi connectivity index (χ4n) is 3.15. The molecule has 2 fully saturated rings. The lowest BCUT2D eigenvalue weighted by Crippen LogP contribution is -2.49. The summed E-state index contributed by atoms with van der Waals surface area (Å²) in [4.78, 5) is 9.40. The Morgan fingerprint density at radius 1 is 1.29 bits per heavy atom. The minimum absolute atomic E-state index is 0.211. The van der Waals surface area contributed by atoms with E-state index in [-0.39, 0.29) is 6.04 Å². The van der Waals surface area contributed by atoms with Gasteiger partial charge in [-0.15, -0.1) is 0 Å². The molecule has 0 saturated carbocycles. The van der Waals surface area contributed by atoms with Gasteiger partial charge in [-0.25, -0.2) is 0 Å². The van der Waals surface area contributed by atoms with Crippen molar-refractivity contribution in [3.63, 3.8) is 0 Å². The third-order valence-electron chi connectivity index (χ3n) is 4.60. The van der Waals surface area contributed by atoms with E-state index in [1.165, 1.54) is 12.8 Å². The summed E-state index contributed by atoms with van der Waals surface area (Å²) in [6.07, 6.45) is 3.72. The Balaban J connectivity index is 1.48. The van der Waals surface area contributed by atoms with E-state index < -0.39 is 0 Å². The lowest BCUT2D eigenvalue weighted by molar-refractivity contribution is 0.0379. The van der Waals surface area contributed by atoms with Gasteiger partial charge in [0.25, 0.3) is 0 Å². The van der Waals surface area contributed by atoms with Crippen molar-refractivity contribution in [3.8, 4) is 0 Å². The van der Waals surface area contributed by atoms with Crippen LogP contribution in [0.2, 0.25) is 0 Å². The molecule has 0 spiro atoms. The molecule has 1 aromatic rings. The van der Waals surface area contributed by atoms with Crippen LogP contribution in [0.4, 0.5) is 0 Å². The topological polar surface area (TPSA) is 54.6 Å². The summed E-state index contributed by atoms with van der Waals surface area (Å²) in [6, 6.07) is 0.211. The largest absolute Gasteiger partial charge is 0.377 e. The van der Waals surface area contributed by atoms with Crippen LogP contribution in [0.5, 0.6) is 0 Å². The minimum Gasteiger partial charge on any atom is -0.377 e. The van der Waals surface area contributed by atoms with Gasteiger partial charge in [0.05, 0.1) is 12.1 Å². The minimum atomic E-state index is 0.211. The van der Waals surface area contributed by atoms with E-state index in [1.54, 1.807) is 0 Å². The normalized spacial score (nSPS) is 26.3. The molecule has 3 rings (SSSR count). The molecule has 2 atom stereocenters. The highest BCUT2D eigenvalue weighted by molar-refractivity contribution is 4.93. The van der Waals surface area contributed by atoms with Crippen LogP contribution in [0, 0.1) is 0 Å². The Morgan fingerprint density at radius 3 is 2.71 bits per heavy atom. The van der Waals surface area contributed by atoms with Gasteiger partial charge in [0.1, 0.15) is 0 Å². The number of hydrogen-bond acceptors (Lipinski definition) is 6. The zero-order valence-corrected chi connectivity index (χ0v) is 13.1. The zero-order valence-electron chi connectivity index (χ0n) is 13.1. The molecular formula is C15H26N4O2. The quantitative estimate of drug-likeness (QED) is 0.820. The van der Waals surface area contributed by atoms with Gasteiger partial charge in [-0.05, 0) is 19.8 Å². The monoisotopic (exact) mass is 294 g/mol. The van der Waals surface area contributed by atoms with E-state index in [1.807, 2.05) is 6.92 Å². The summed E-state index contributed by atoms with van der Waals surface area (Å²) >= 11 is 0. The summed E-state index contributed by atoms with van der Waals surface area (Å²) < 4.78 is 11.1. The summed E-state index contributed by atoms with van der Waals surface area (Å²) in [7, 11) is 0. The maximum absolute atomic E-state index is 5.73. The highest BCUT2D eigenvalue weighted by Gasteiger charge is 2.27. The van der Waals surface area contributed by atoms with Gasteiger partial charge in [-0.2, -0.15) is 4.98 Å². The van der Waals surface area contributed by atoms with Crippen LogP contribution >= 0.6 is 0 Å². The maximum Gasteiger partial charge on any atom is 0.243 e. The van der Waals surface area contributed by atoms with Crippen LogP contribution < -0.4 is 0 Å². The van der Waals surface area contributed by atoms with Gasteiger partial charge in [0, 0.05) is 45.8 Å². The Hall–Kier alpha value is -0.980. The molecule has 1 aromatic heterocycles. The van der Waals surface area contributed by atoms with Crippen molar-refractivity contribution in [1.29, 1.82) is 0 Å². The van der Waals surface area contributed by atoms with Crippen molar-refractivity contribution < 1.29 is 9.26 Å². The summed E-state index contributed by atoms with van der Waals surface area (Å²) in [5.74, 6) is 1.55. The molecule has 0 aromatic carbocycles. The Bertz CT molecular complexity index is 437. The third kappa shape index (κ3) is 3.62. The first-order valence-corrected chi connectivity index (χ1v) is 8.16. The van der Waals surface area contributed by atoms with Crippen LogP contribution in [0.15, 0.2) is 4.52 Å². The van der Waals surface area contributed by atoms with E-state index in [0.29, 0.717) is 6.10 Å². The standard InChI is InChI=1S/C15H26N4O2/c1-3-14-16-15(21-17-14)12(2)19-8-6-18(7-9-19)11-13-5-4-10-20-13/h12-13H,3-11H2,1-2H3/t12-,13-/m0/s1. The molecule has 6 heteroatoms. The highest BCUT2D eigenvalue weighted by Crippen LogP contribution is 2.21. The molecule has 118 valence electrons. The number of hydrogen-bond donors (Lipinski definition) is 0. The zero-order chi connectivity index (χ0) is 14.7. The Kier molecular flexibility index (Phi) is 4.87. The fraction of sp³-hybridized carbons (Fsp3) is 0.867. The maximum atomic E-state index is 5.73. The number of aromatic nitrogens is 2. The number of piperazine rings is 1. The van der Waals surface area contributed by atoms with E-state index in [0.717, 1.165) is 57.5 Å². The average molecular weight is 294 g/mol. The van der Waals surface area contributed by atoms with Crippen LogP contribution in [-0.2, 0) is 11.2 Å². The van der Waals surface area contributed by atoms with Crippen molar-refractivity contribution >= 4 is 0 Å². The molecule has 2 aliphatic rings. The van der Waals surface area contributed by atoms with Gasteiger partial charge in [-0.3, -0.25) is 9.80 Å². The van der Waals surface area contributed by atoms with Crippen LogP contribution in [0.3, 0.4) is 0 Å². The molecular weight excluding hydrogens is 268 g/mol. The van der Waals surface area contributed by atoms with Crippen LogP contribution in [0.1, 0.15) is 44.4 Å².